The molecule has 1 amide bonds. The molecule has 0 saturated carbocycles. The van der Waals surface area contributed by atoms with Gasteiger partial charge in [0.25, 0.3) is 0 Å². The molecule has 0 aromatic carbocycles. The van der Waals surface area contributed by atoms with Crippen LogP contribution in [0.4, 0.5) is 13.2 Å². The number of likely N-dealkylation sites (N-methyl/N-ethyl adjacent to an activating group) is 1. The zero-order valence-corrected chi connectivity index (χ0v) is 7.93. The predicted octanol–water partition coefficient (Wildman–Crippen LogP) is -0.413. The number of hydrogen-bond donors (Lipinski definition) is 2. The fourth-order valence-corrected chi connectivity index (χ4v) is 0.797. The van der Waals surface area contributed by atoms with E-state index in [1.807, 2.05) is 0 Å². The highest BCUT2D eigenvalue weighted by Gasteiger charge is 2.38. The van der Waals surface area contributed by atoms with Crippen LogP contribution in [-0.4, -0.2) is 55.4 Å². The third-order valence-corrected chi connectivity index (χ3v) is 1.33. The van der Waals surface area contributed by atoms with Crippen LogP contribution in [0, 0.1) is 0 Å². The van der Waals surface area contributed by atoms with Gasteiger partial charge in [-0.2, -0.15) is 13.2 Å². The Morgan fingerprint density at radius 1 is 1.50 bits per heavy atom. The lowest BCUT2D eigenvalue weighted by molar-refractivity contribution is -0.174. The third-order valence-electron chi connectivity index (χ3n) is 1.33. The number of alkyl halides is 3. The first-order chi connectivity index (χ1) is 6.23. The topological polar surface area (TPSA) is 52.6 Å². The second kappa shape index (κ2) is 5.16. The van der Waals surface area contributed by atoms with Crippen molar-refractivity contribution >= 4 is 5.91 Å². The minimum absolute atomic E-state index is 0.193. The molecule has 2 N–H and O–H groups in total. The van der Waals surface area contributed by atoms with Gasteiger partial charge in [0, 0.05) is 13.1 Å². The van der Waals surface area contributed by atoms with Gasteiger partial charge in [0.05, 0.1) is 6.10 Å². The highest BCUT2D eigenvalue weighted by atomic mass is 19.4. The number of nitrogens with one attached hydrogen (secondary N) is 1. The van der Waals surface area contributed by atoms with Crippen LogP contribution in [0.2, 0.25) is 0 Å². The number of carbonyl (C=O) groups is 1. The molecule has 4 nitrogen and oxygen atoms in total. The summed E-state index contributed by atoms with van der Waals surface area (Å²) in [7, 11) is 3.32. The first-order valence-corrected chi connectivity index (χ1v) is 3.91. The molecule has 0 fully saturated rings. The summed E-state index contributed by atoms with van der Waals surface area (Å²) in [6.45, 7) is -0.214. The summed E-state index contributed by atoms with van der Waals surface area (Å²) in [4.78, 5) is 11.9. The molecule has 7 heteroatoms. The van der Waals surface area contributed by atoms with Crippen molar-refractivity contribution in [2.45, 2.75) is 12.3 Å². The van der Waals surface area contributed by atoms with Crippen molar-refractivity contribution in [3.63, 3.8) is 0 Å². The summed E-state index contributed by atoms with van der Waals surface area (Å²) < 4.78 is 35.0. The Hall–Kier alpha value is -0.820. The molecular weight excluding hydrogens is 201 g/mol. The summed E-state index contributed by atoms with van der Waals surface area (Å²) in [6, 6.07) is 0. The van der Waals surface area contributed by atoms with Crippen LogP contribution in [0.25, 0.3) is 0 Å². The lowest BCUT2D eigenvalue weighted by Gasteiger charge is -2.16. The van der Waals surface area contributed by atoms with E-state index >= 15 is 0 Å². The number of nitrogens with zero attached hydrogens (tertiary/aromatic N) is 1. The number of amides is 1. The molecule has 0 aliphatic rings. The molecule has 0 aromatic rings. The summed E-state index contributed by atoms with van der Waals surface area (Å²) in [5.74, 6) is -2.03. The van der Waals surface area contributed by atoms with Crippen LogP contribution >= 0.6 is 0 Å². The molecular formula is C7H13F3N2O2. The first-order valence-electron chi connectivity index (χ1n) is 3.91. The fraction of sp³-hybridized carbons (Fsp3) is 0.857. The van der Waals surface area contributed by atoms with Crippen molar-refractivity contribution in [2.75, 3.05) is 27.2 Å². The molecule has 84 valence electrons. The van der Waals surface area contributed by atoms with E-state index in [9.17, 15) is 18.0 Å². The molecule has 14 heavy (non-hydrogen) atoms. The number of aliphatic hydroxyl groups is 1. The maximum absolute atomic E-state index is 11.7. The SMILES string of the molecule is CN(C)CC(O)CNC(=O)C(F)(F)F. The highest BCUT2D eigenvalue weighted by Crippen LogP contribution is 2.13. The Kier molecular flexibility index (Phi) is 4.86. The Balaban J connectivity index is 3.78. The van der Waals surface area contributed by atoms with Crippen LogP contribution in [0.15, 0.2) is 0 Å². The average molecular weight is 214 g/mol. The normalized spacial score (nSPS) is 14.2. The monoisotopic (exact) mass is 214 g/mol. The molecule has 0 radical (unpaired) electrons. The molecule has 0 spiro atoms. The third kappa shape index (κ3) is 5.76. The van der Waals surface area contributed by atoms with Crippen molar-refractivity contribution in [3.8, 4) is 0 Å². The van der Waals surface area contributed by atoms with E-state index < -0.39 is 24.7 Å². The molecule has 0 aromatic heterocycles. The summed E-state index contributed by atoms with van der Waals surface area (Å²) >= 11 is 0. The molecule has 0 rings (SSSR count). The van der Waals surface area contributed by atoms with E-state index in [0.717, 1.165) is 0 Å². The van der Waals surface area contributed by atoms with Gasteiger partial charge in [-0.1, -0.05) is 0 Å². The highest BCUT2D eigenvalue weighted by molar-refractivity contribution is 5.81. The van der Waals surface area contributed by atoms with Crippen LogP contribution in [0.5, 0.6) is 0 Å². The van der Waals surface area contributed by atoms with Crippen LogP contribution in [-0.2, 0) is 4.79 Å². The van der Waals surface area contributed by atoms with E-state index in [1.165, 1.54) is 0 Å². The van der Waals surface area contributed by atoms with Crippen molar-refractivity contribution in [3.05, 3.63) is 0 Å². The quantitative estimate of drug-likeness (QED) is 0.668. The Labute approximate surface area is 79.7 Å². The van der Waals surface area contributed by atoms with Crippen LogP contribution < -0.4 is 5.32 Å². The van der Waals surface area contributed by atoms with Crippen LogP contribution in [0.1, 0.15) is 0 Å². The number of halogens is 3. The second-order valence-electron chi connectivity index (χ2n) is 3.12. The molecule has 0 bridgehead atoms. The van der Waals surface area contributed by atoms with Gasteiger partial charge in [0.2, 0.25) is 0 Å². The van der Waals surface area contributed by atoms with Crippen molar-refractivity contribution < 1.29 is 23.1 Å². The Morgan fingerprint density at radius 3 is 2.36 bits per heavy atom. The van der Waals surface area contributed by atoms with Gasteiger partial charge in [0.1, 0.15) is 0 Å². The predicted molar refractivity (Wildman–Crippen MR) is 43.6 cm³/mol. The lowest BCUT2D eigenvalue weighted by atomic mass is 10.3. The van der Waals surface area contributed by atoms with Gasteiger partial charge in [-0.15, -0.1) is 0 Å². The fourth-order valence-electron chi connectivity index (χ4n) is 0.797. The largest absolute Gasteiger partial charge is 0.471 e. The van der Waals surface area contributed by atoms with Crippen molar-refractivity contribution in [1.82, 2.24) is 10.2 Å². The zero-order valence-electron chi connectivity index (χ0n) is 7.93. The summed E-state index contributed by atoms with van der Waals surface area (Å²) in [6.07, 6.45) is -5.89. The number of carbonyl (C=O) groups excluding carboxylic acids is 1. The van der Waals surface area contributed by atoms with Gasteiger partial charge in [0.15, 0.2) is 0 Å². The van der Waals surface area contributed by atoms with Crippen molar-refractivity contribution in [2.24, 2.45) is 0 Å². The molecule has 0 heterocycles. The molecule has 1 atom stereocenters. The number of aliphatic hydroxyl groups excluding tert-OH is 1. The average Bonchev–Trinajstić information content (AvgIpc) is 1.96. The van der Waals surface area contributed by atoms with Gasteiger partial charge in [-0.05, 0) is 14.1 Å². The number of rotatable bonds is 4. The number of hydrogen-bond acceptors (Lipinski definition) is 3. The maximum Gasteiger partial charge on any atom is 0.471 e. The summed E-state index contributed by atoms with van der Waals surface area (Å²) in [5, 5.41) is 10.7. The minimum atomic E-state index is -4.89. The Bertz CT molecular complexity index is 194. The maximum atomic E-state index is 11.7. The smallest absolute Gasteiger partial charge is 0.390 e. The first kappa shape index (κ1) is 13.2. The second-order valence-corrected chi connectivity index (χ2v) is 3.12. The van der Waals surface area contributed by atoms with E-state index in [4.69, 9.17) is 5.11 Å². The van der Waals surface area contributed by atoms with Crippen LogP contribution in [0.3, 0.4) is 0 Å². The molecule has 0 saturated heterocycles. The van der Waals surface area contributed by atoms with Crippen molar-refractivity contribution in [1.29, 1.82) is 0 Å². The summed E-state index contributed by atoms with van der Waals surface area (Å²) in [5.41, 5.74) is 0. The van der Waals surface area contributed by atoms with Gasteiger partial charge in [-0.25, -0.2) is 0 Å². The standard InChI is InChI=1S/C7H13F3N2O2/c1-12(2)4-5(13)3-11-6(14)7(8,9)10/h5,13H,3-4H2,1-2H3,(H,11,14). The molecule has 1 unspecified atom stereocenters. The lowest BCUT2D eigenvalue weighted by Crippen LogP contribution is -2.43. The Morgan fingerprint density at radius 2 is 2.00 bits per heavy atom. The van der Waals surface area contributed by atoms with E-state index in [2.05, 4.69) is 0 Å². The molecule has 0 aliphatic carbocycles. The zero-order chi connectivity index (χ0) is 11.4. The van der Waals surface area contributed by atoms with Gasteiger partial charge in [-0.3, -0.25) is 4.79 Å². The molecule has 0 aliphatic heterocycles. The van der Waals surface area contributed by atoms with Gasteiger partial charge < -0.3 is 15.3 Å². The van der Waals surface area contributed by atoms with E-state index in [0.29, 0.717) is 0 Å². The van der Waals surface area contributed by atoms with Gasteiger partial charge >= 0.3 is 12.1 Å². The minimum Gasteiger partial charge on any atom is -0.390 e. The van der Waals surface area contributed by atoms with E-state index in [1.54, 1.807) is 24.3 Å². The van der Waals surface area contributed by atoms with E-state index in [-0.39, 0.29) is 6.54 Å².